The average molecular weight is 284 g/mol. The van der Waals surface area contributed by atoms with Gasteiger partial charge in [0.1, 0.15) is 25.2 Å². The van der Waals surface area contributed by atoms with Crippen molar-refractivity contribution in [3.05, 3.63) is 70.2 Å². The van der Waals surface area contributed by atoms with E-state index in [1.165, 1.54) is 19.2 Å². The molecule has 1 aliphatic rings. The first-order valence-electron chi connectivity index (χ1n) is 6.41. The van der Waals surface area contributed by atoms with E-state index in [0.717, 1.165) is 6.07 Å². The third-order valence-corrected chi connectivity index (χ3v) is 3.61. The highest BCUT2D eigenvalue weighted by Crippen LogP contribution is 2.38. The lowest BCUT2D eigenvalue weighted by atomic mass is 9.87. The minimum atomic E-state index is -0.672. The first-order chi connectivity index (χ1) is 10.0. The minimum Gasteiger partial charge on any atom is -0.497 e. The van der Waals surface area contributed by atoms with E-state index < -0.39 is 11.6 Å². The number of carbonyl (C=O) groups excluding carboxylic acids is 1. The summed E-state index contributed by atoms with van der Waals surface area (Å²) in [6.07, 6.45) is 0. The molecule has 104 valence electrons. The molecule has 0 spiro atoms. The van der Waals surface area contributed by atoms with Crippen molar-refractivity contribution in [3.8, 4) is 5.75 Å². The van der Waals surface area contributed by atoms with Crippen LogP contribution in [0, 0.1) is 11.6 Å². The van der Waals surface area contributed by atoms with Gasteiger partial charge in [0.05, 0.1) is 7.11 Å². The van der Waals surface area contributed by atoms with E-state index in [0.29, 0.717) is 33.5 Å². The Bertz CT molecular complexity index is 777. The molecule has 0 N–H and O–H groups in total. The summed E-state index contributed by atoms with van der Waals surface area (Å²) in [5.74, 6) is -0.888. The van der Waals surface area contributed by atoms with Gasteiger partial charge >= 0.3 is 0 Å². The second kappa shape index (κ2) is 4.84. The molecule has 0 saturated carbocycles. The van der Waals surface area contributed by atoms with Gasteiger partial charge in [0.25, 0.3) is 0 Å². The summed E-state index contributed by atoms with van der Waals surface area (Å²) in [4.78, 5) is 12.3. The maximum absolute atomic E-state index is 13.5. The van der Waals surface area contributed by atoms with Crippen molar-refractivity contribution in [3.63, 3.8) is 0 Å². The van der Waals surface area contributed by atoms with E-state index in [2.05, 4.69) is 0 Å². The van der Waals surface area contributed by atoms with Crippen LogP contribution in [0.3, 0.4) is 0 Å². The number of ether oxygens (including phenoxy) is 1. The summed E-state index contributed by atoms with van der Waals surface area (Å²) in [6.45, 7) is 0. The predicted molar refractivity (Wildman–Crippen MR) is 78.2 cm³/mol. The third-order valence-electron chi connectivity index (χ3n) is 3.61. The maximum atomic E-state index is 13.5. The van der Waals surface area contributed by atoms with E-state index >= 15 is 0 Å². The molecule has 0 aliphatic heterocycles. The van der Waals surface area contributed by atoms with Crippen LogP contribution in [-0.4, -0.2) is 20.7 Å². The number of fused-ring (bicyclic) bond motifs is 1. The number of allylic oxidation sites excluding steroid dienone is 1. The van der Waals surface area contributed by atoms with Crippen molar-refractivity contribution in [2.24, 2.45) is 0 Å². The van der Waals surface area contributed by atoms with E-state index in [4.69, 9.17) is 4.74 Å². The molecule has 0 amide bonds. The summed E-state index contributed by atoms with van der Waals surface area (Å²) in [6, 6.07) is 8.33. The fourth-order valence-electron chi connectivity index (χ4n) is 2.64. The Labute approximate surface area is 121 Å². The molecule has 1 aliphatic carbocycles. The second-order valence-corrected chi connectivity index (χ2v) is 4.90. The fourth-order valence-corrected chi connectivity index (χ4v) is 2.64. The van der Waals surface area contributed by atoms with Crippen molar-refractivity contribution in [2.45, 2.75) is 0 Å². The van der Waals surface area contributed by atoms with E-state index in [1.54, 1.807) is 26.0 Å². The largest absolute Gasteiger partial charge is 0.497 e. The van der Waals surface area contributed by atoms with Gasteiger partial charge in [-0.25, -0.2) is 8.78 Å². The molecule has 2 aromatic carbocycles. The Balaban J connectivity index is 2.26. The Morgan fingerprint density at radius 3 is 2.29 bits per heavy atom. The quantitative estimate of drug-likeness (QED) is 0.792. The highest BCUT2D eigenvalue weighted by molar-refractivity contribution is 6.47. The molecule has 0 atom stereocenters. The first-order valence-corrected chi connectivity index (χ1v) is 6.41. The molecular formula is C16H11BF2O2. The zero-order chi connectivity index (χ0) is 15.1. The lowest BCUT2D eigenvalue weighted by Crippen LogP contribution is -1.98. The Hall–Kier alpha value is -2.43. The number of carbonyl (C=O) groups is 1. The van der Waals surface area contributed by atoms with Crippen molar-refractivity contribution < 1.29 is 18.3 Å². The molecule has 0 bridgehead atoms. The number of methoxy groups -OCH3 is 1. The van der Waals surface area contributed by atoms with Crippen LogP contribution in [0.15, 0.2) is 41.9 Å². The van der Waals surface area contributed by atoms with Gasteiger partial charge in [-0.3, -0.25) is 4.79 Å². The summed E-state index contributed by atoms with van der Waals surface area (Å²) < 4.78 is 32.1. The molecular weight excluding hydrogens is 273 g/mol. The molecule has 0 unspecified atom stereocenters. The Morgan fingerprint density at radius 1 is 1.00 bits per heavy atom. The van der Waals surface area contributed by atoms with Crippen LogP contribution in [0.4, 0.5) is 8.78 Å². The molecule has 0 heterocycles. The van der Waals surface area contributed by atoms with Crippen molar-refractivity contribution in [2.75, 3.05) is 7.11 Å². The van der Waals surface area contributed by atoms with Crippen LogP contribution in [0.25, 0.3) is 5.57 Å². The number of rotatable bonds is 2. The standard InChI is InChI=1S/C16H11BF2O2/c1-21-11-2-3-12-13(7-11)14(15(17)16(12)20)8-4-9(18)6-10(19)5-8/h2-7H,17H2,1H3. The van der Waals surface area contributed by atoms with Crippen LogP contribution in [0.5, 0.6) is 5.75 Å². The number of hydrogen-bond donors (Lipinski definition) is 0. The topological polar surface area (TPSA) is 26.3 Å². The first kappa shape index (κ1) is 13.6. The number of ketones is 1. The molecule has 5 heteroatoms. The molecule has 0 saturated heterocycles. The predicted octanol–water partition coefficient (Wildman–Crippen LogP) is 2.56. The van der Waals surface area contributed by atoms with Crippen LogP contribution < -0.4 is 4.74 Å². The number of halogens is 2. The SMILES string of the molecule is BC1=C(c2cc(F)cc(F)c2)c2cc(OC)ccc2C1=O. The smallest absolute Gasteiger partial charge is 0.180 e. The van der Waals surface area contributed by atoms with Gasteiger partial charge in [-0.15, -0.1) is 0 Å². The molecule has 0 fully saturated rings. The average Bonchev–Trinajstić information content (AvgIpc) is 2.69. The lowest BCUT2D eigenvalue weighted by Gasteiger charge is -2.09. The van der Waals surface area contributed by atoms with Crippen LogP contribution in [0.1, 0.15) is 21.5 Å². The molecule has 0 radical (unpaired) electrons. The summed E-state index contributed by atoms with van der Waals surface area (Å²) in [5, 5.41) is 0. The maximum Gasteiger partial charge on any atom is 0.180 e. The highest BCUT2D eigenvalue weighted by Gasteiger charge is 2.28. The summed E-state index contributed by atoms with van der Waals surface area (Å²) in [5.41, 5.74) is 2.54. The Morgan fingerprint density at radius 2 is 1.67 bits per heavy atom. The normalized spacial score (nSPS) is 13.6. The third kappa shape index (κ3) is 2.15. The van der Waals surface area contributed by atoms with Crippen LogP contribution in [0.2, 0.25) is 0 Å². The van der Waals surface area contributed by atoms with Gasteiger partial charge in [0.2, 0.25) is 0 Å². The second-order valence-electron chi connectivity index (χ2n) is 4.90. The number of benzene rings is 2. The molecule has 2 aromatic rings. The summed E-state index contributed by atoms with van der Waals surface area (Å²) in [7, 11) is 3.18. The lowest BCUT2D eigenvalue weighted by molar-refractivity contribution is 0.104. The van der Waals surface area contributed by atoms with Crippen LogP contribution in [-0.2, 0) is 0 Å². The summed E-state index contributed by atoms with van der Waals surface area (Å²) >= 11 is 0. The number of Topliss-reactive ketones (excluding diaryl/α,β-unsaturated/α-hetero) is 1. The Kier molecular flexibility index (Phi) is 3.13. The van der Waals surface area contributed by atoms with E-state index in [9.17, 15) is 13.6 Å². The van der Waals surface area contributed by atoms with Gasteiger partial charge in [0, 0.05) is 11.6 Å². The molecule has 21 heavy (non-hydrogen) atoms. The monoisotopic (exact) mass is 284 g/mol. The number of hydrogen-bond acceptors (Lipinski definition) is 2. The van der Waals surface area contributed by atoms with Gasteiger partial charge in [-0.2, -0.15) is 0 Å². The van der Waals surface area contributed by atoms with Gasteiger partial charge in [0.15, 0.2) is 5.78 Å². The minimum absolute atomic E-state index is 0.132. The van der Waals surface area contributed by atoms with E-state index in [-0.39, 0.29) is 5.78 Å². The van der Waals surface area contributed by atoms with Gasteiger partial charge < -0.3 is 4.74 Å². The van der Waals surface area contributed by atoms with Crippen LogP contribution >= 0.6 is 0 Å². The van der Waals surface area contributed by atoms with Crippen molar-refractivity contribution in [1.29, 1.82) is 0 Å². The zero-order valence-electron chi connectivity index (χ0n) is 11.5. The van der Waals surface area contributed by atoms with E-state index in [1.807, 2.05) is 0 Å². The molecule has 2 nitrogen and oxygen atoms in total. The highest BCUT2D eigenvalue weighted by atomic mass is 19.1. The van der Waals surface area contributed by atoms with Crippen molar-refractivity contribution >= 4 is 19.2 Å². The zero-order valence-corrected chi connectivity index (χ0v) is 11.5. The molecule has 0 aromatic heterocycles. The fraction of sp³-hybridized carbons (Fsp3) is 0.0625. The van der Waals surface area contributed by atoms with Gasteiger partial charge in [-0.1, -0.05) is 0 Å². The van der Waals surface area contributed by atoms with Gasteiger partial charge in [-0.05, 0) is 52.5 Å². The van der Waals surface area contributed by atoms with Crippen molar-refractivity contribution in [1.82, 2.24) is 0 Å². The molecule has 3 rings (SSSR count).